The third-order valence-corrected chi connectivity index (χ3v) is 7.55. The van der Waals surface area contributed by atoms with E-state index in [0.717, 1.165) is 11.3 Å². The molecule has 0 atom stereocenters. The highest BCUT2D eigenvalue weighted by atomic mass is 35.5. The van der Waals surface area contributed by atoms with E-state index in [0.29, 0.717) is 43.5 Å². The van der Waals surface area contributed by atoms with E-state index in [4.69, 9.17) is 26.1 Å². The number of aromatic nitrogens is 2. The monoisotopic (exact) mass is 538 g/mol. The predicted octanol–water partition coefficient (Wildman–Crippen LogP) is 4.95. The van der Waals surface area contributed by atoms with E-state index < -0.39 is 10.0 Å². The molecule has 0 spiro atoms. The van der Waals surface area contributed by atoms with Gasteiger partial charge in [-0.3, -0.25) is 4.98 Å². The van der Waals surface area contributed by atoms with Gasteiger partial charge >= 0.3 is 0 Å². The van der Waals surface area contributed by atoms with E-state index in [9.17, 15) is 13.5 Å². The van der Waals surface area contributed by atoms with Crippen LogP contribution in [0.2, 0.25) is 5.02 Å². The van der Waals surface area contributed by atoms with Crippen molar-refractivity contribution in [3.63, 3.8) is 0 Å². The molecule has 0 saturated carbocycles. The highest BCUT2D eigenvalue weighted by Gasteiger charge is 2.16. The largest absolute Gasteiger partial charge is 0.436 e. The quantitative estimate of drug-likeness (QED) is 0.325. The van der Waals surface area contributed by atoms with Gasteiger partial charge in [-0.05, 0) is 49.4 Å². The van der Waals surface area contributed by atoms with E-state index in [-0.39, 0.29) is 17.1 Å². The number of rotatable bonds is 5. The van der Waals surface area contributed by atoms with Crippen LogP contribution in [0, 0.1) is 6.92 Å². The van der Waals surface area contributed by atoms with Crippen LogP contribution in [0.3, 0.4) is 0 Å². The van der Waals surface area contributed by atoms with Crippen molar-refractivity contribution in [2.75, 3.05) is 0 Å². The van der Waals surface area contributed by atoms with Gasteiger partial charge in [0.05, 0.1) is 34.1 Å². The Balaban J connectivity index is 1.72. The first kappa shape index (κ1) is 24.3. The Morgan fingerprint density at radius 3 is 2.53 bits per heavy atom. The lowest BCUT2D eigenvalue weighted by Gasteiger charge is -2.08. The Morgan fingerprint density at radius 1 is 1.14 bits per heavy atom. The van der Waals surface area contributed by atoms with E-state index >= 15 is 0 Å². The third-order valence-electron chi connectivity index (χ3n) is 5.49. The number of primary sulfonamides is 1. The molecule has 5 rings (SSSR count). The predicted molar refractivity (Wildman–Crippen MR) is 139 cm³/mol. The van der Waals surface area contributed by atoms with Crippen LogP contribution in [0.1, 0.15) is 11.3 Å². The summed E-state index contributed by atoms with van der Waals surface area (Å²) < 4.78 is 29.4. The molecule has 0 aliphatic carbocycles. The van der Waals surface area contributed by atoms with Crippen LogP contribution in [0.5, 0.6) is 0 Å². The summed E-state index contributed by atoms with van der Waals surface area (Å²) in [4.78, 5) is 13.7. The topological polar surface area (TPSA) is 132 Å². The van der Waals surface area contributed by atoms with Gasteiger partial charge in [0, 0.05) is 33.1 Å². The Morgan fingerprint density at radius 2 is 1.86 bits per heavy atom. The average Bonchev–Trinajstić information content (AvgIpc) is 3.35. The van der Waals surface area contributed by atoms with Crippen molar-refractivity contribution in [1.29, 1.82) is 0 Å². The highest BCUT2D eigenvalue weighted by molar-refractivity contribution is 7.89. The van der Waals surface area contributed by atoms with Gasteiger partial charge in [0.15, 0.2) is 5.58 Å². The van der Waals surface area contributed by atoms with Gasteiger partial charge in [-0.1, -0.05) is 23.7 Å². The van der Waals surface area contributed by atoms with Gasteiger partial charge < -0.3 is 9.52 Å². The molecule has 3 aromatic heterocycles. The SMILES string of the molecule is Cc1ncc(CO)c2cc(-c3nc(-c4ccc(Cl)cc4)cs3)c(=Nc3ccc(S(N)(=O)=O)cc3)oc12. The van der Waals surface area contributed by atoms with Gasteiger partial charge in [-0.15, -0.1) is 11.3 Å². The first-order valence-electron chi connectivity index (χ1n) is 10.7. The number of aryl methyl sites for hydroxylation is 1. The van der Waals surface area contributed by atoms with Gasteiger partial charge in [-0.2, -0.15) is 0 Å². The van der Waals surface area contributed by atoms with Gasteiger partial charge in [-0.25, -0.2) is 23.5 Å². The molecule has 11 heteroatoms. The van der Waals surface area contributed by atoms with Crippen molar-refractivity contribution in [2.24, 2.45) is 10.1 Å². The molecule has 0 amide bonds. The molecule has 0 bridgehead atoms. The maximum absolute atomic E-state index is 11.6. The van der Waals surface area contributed by atoms with Crippen molar-refractivity contribution < 1.29 is 17.9 Å². The standard InChI is InChI=1S/C25H19ClN4O4S2/c1-14-23-20(16(12-31)11-28-14)10-21(25-30-22(13-35-25)15-2-4-17(26)5-3-15)24(34-23)29-18-6-8-19(9-7-18)36(27,32)33/h2-11,13,31H,12H2,1H3,(H2,27,32,33). The molecule has 0 unspecified atom stereocenters. The second-order valence-electron chi connectivity index (χ2n) is 7.93. The zero-order chi connectivity index (χ0) is 25.4. The fourth-order valence-corrected chi connectivity index (χ4v) is 5.11. The number of sulfonamides is 1. The second-order valence-corrected chi connectivity index (χ2v) is 10.8. The summed E-state index contributed by atoms with van der Waals surface area (Å²) in [6.45, 7) is 1.59. The maximum atomic E-state index is 11.6. The molecule has 3 N–H and O–H groups in total. The molecule has 2 aromatic carbocycles. The van der Waals surface area contributed by atoms with E-state index in [1.807, 2.05) is 23.6 Å². The van der Waals surface area contributed by atoms with Crippen molar-refractivity contribution in [3.8, 4) is 21.8 Å². The fourth-order valence-electron chi connectivity index (χ4n) is 3.63. The first-order valence-corrected chi connectivity index (χ1v) is 13.5. The second kappa shape index (κ2) is 9.57. The minimum atomic E-state index is -3.83. The first-order chi connectivity index (χ1) is 17.2. The number of benzene rings is 2. The molecule has 5 aromatic rings. The van der Waals surface area contributed by atoms with Crippen LogP contribution in [0.4, 0.5) is 5.69 Å². The normalized spacial score (nSPS) is 12.4. The number of hydrogen-bond acceptors (Lipinski definition) is 8. The Hall–Kier alpha value is -3.41. The molecule has 8 nitrogen and oxygen atoms in total. The molecular weight excluding hydrogens is 520 g/mol. The summed E-state index contributed by atoms with van der Waals surface area (Å²) in [6.07, 6.45) is 1.61. The van der Waals surface area contributed by atoms with E-state index in [1.165, 1.54) is 23.5 Å². The van der Waals surface area contributed by atoms with Crippen LogP contribution in [0.25, 0.3) is 32.8 Å². The number of fused-ring (bicyclic) bond motifs is 1. The summed E-state index contributed by atoms with van der Waals surface area (Å²) in [5.41, 5.74) is 4.75. The number of hydrogen-bond donors (Lipinski definition) is 2. The average molecular weight is 539 g/mol. The molecule has 0 aliphatic rings. The van der Waals surface area contributed by atoms with Crippen LogP contribution in [0.15, 0.2) is 80.5 Å². The molecule has 0 aliphatic heterocycles. The summed E-state index contributed by atoms with van der Waals surface area (Å²) in [6, 6.07) is 15.1. The Bertz CT molecular complexity index is 1760. The number of nitrogens with zero attached hydrogens (tertiary/aromatic N) is 3. The van der Waals surface area contributed by atoms with Crippen LogP contribution in [-0.2, 0) is 16.6 Å². The molecule has 0 saturated heterocycles. The molecule has 36 heavy (non-hydrogen) atoms. The Labute approximate surface area is 215 Å². The zero-order valence-electron chi connectivity index (χ0n) is 18.8. The van der Waals surface area contributed by atoms with Crippen molar-refractivity contribution in [2.45, 2.75) is 18.4 Å². The van der Waals surface area contributed by atoms with E-state index in [2.05, 4.69) is 9.98 Å². The number of aliphatic hydroxyl groups excluding tert-OH is 1. The molecular formula is C25H19ClN4O4S2. The number of aliphatic hydroxyl groups is 1. The van der Waals surface area contributed by atoms with Crippen LogP contribution < -0.4 is 10.7 Å². The number of nitrogens with two attached hydrogens (primary N) is 1. The lowest BCUT2D eigenvalue weighted by Crippen LogP contribution is -2.11. The lowest BCUT2D eigenvalue weighted by atomic mass is 10.1. The summed E-state index contributed by atoms with van der Waals surface area (Å²) in [7, 11) is -3.83. The van der Waals surface area contributed by atoms with Gasteiger partial charge in [0.2, 0.25) is 15.6 Å². The molecule has 0 radical (unpaired) electrons. The molecule has 182 valence electrons. The Kier molecular flexibility index (Phi) is 6.45. The molecule has 3 heterocycles. The number of halogens is 1. The zero-order valence-corrected chi connectivity index (χ0v) is 21.2. The van der Waals surface area contributed by atoms with Crippen LogP contribution in [-0.4, -0.2) is 23.5 Å². The lowest BCUT2D eigenvalue weighted by molar-refractivity contribution is 0.282. The van der Waals surface area contributed by atoms with Crippen molar-refractivity contribution >= 4 is 49.6 Å². The smallest absolute Gasteiger partial charge is 0.238 e. The molecule has 0 fully saturated rings. The third kappa shape index (κ3) is 4.81. The highest BCUT2D eigenvalue weighted by Crippen LogP contribution is 2.31. The maximum Gasteiger partial charge on any atom is 0.238 e. The van der Waals surface area contributed by atoms with Gasteiger partial charge in [0.1, 0.15) is 5.01 Å². The van der Waals surface area contributed by atoms with E-state index in [1.54, 1.807) is 37.4 Å². The summed E-state index contributed by atoms with van der Waals surface area (Å²) >= 11 is 7.44. The minimum Gasteiger partial charge on any atom is -0.436 e. The summed E-state index contributed by atoms with van der Waals surface area (Å²) in [5, 5.41) is 19.0. The van der Waals surface area contributed by atoms with Crippen molar-refractivity contribution in [1.82, 2.24) is 9.97 Å². The fraction of sp³-hybridized carbons (Fsp3) is 0.0800. The van der Waals surface area contributed by atoms with Gasteiger partial charge in [0.25, 0.3) is 0 Å². The summed E-state index contributed by atoms with van der Waals surface area (Å²) in [5.74, 6) is 0. The number of thiazole rings is 1. The van der Waals surface area contributed by atoms with Crippen molar-refractivity contribution in [3.05, 3.63) is 88.0 Å². The number of pyridine rings is 1. The van der Waals surface area contributed by atoms with Crippen LogP contribution >= 0.6 is 22.9 Å². The minimum absolute atomic E-state index is 0.0164.